The maximum atomic E-state index is 13.3. The highest BCUT2D eigenvalue weighted by Gasteiger charge is 2.12. The van der Waals surface area contributed by atoms with E-state index in [0.29, 0.717) is 28.0 Å². The molecule has 1 aromatic heterocycles. The molecule has 0 saturated heterocycles. The summed E-state index contributed by atoms with van der Waals surface area (Å²) in [5.41, 5.74) is 2.22. The third-order valence-corrected chi connectivity index (χ3v) is 3.84. The van der Waals surface area contributed by atoms with Gasteiger partial charge in [0.05, 0.1) is 0 Å². The number of nitrogens with one attached hydrogen (secondary N) is 2. The fourth-order valence-corrected chi connectivity index (χ4v) is 2.64. The van der Waals surface area contributed by atoms with Gasteiger partial charge < -0.3 is 10.6 Å². The lowest BCUT2D eigenvalue weighted by molar-refractivity contribution is 0.102. The maximum absolute atomic E-state index is 13.3. The number of halogens is 2. The van der Waals surface area contributed by atoms with Crippen LogP contribution in [0.1, 0.15) is 21.9 Å². The topological polar surface area (TPSA) is 66.9 Å². The van der Waals surface area contributed by atoms with Gasteiger partial charge in [-0.25, -0.2) is 14.4 Å². The zero-order valence-electron chi connectivity index (χ0n) is 14.2. The largest absolute Gasteiger partial charge is 0.340 e. The predicted molar refractivity (Wildman–Crippen MR) is 101 cm³/mol. The molecule has 0 fully saturated rings. The molecular weight excluding hydrogens is 355 g/mol. The maximum Gasteiger partial charge on any atom is 0.274 e. The number of hydrogen-bond donors (Lipinski definition) is 2. The van der Waals surface area contributed by atoms with E-state index in [1.54, 1.807) is 37.3 Å². The van der Waals surface area contributed by atoms with Gasteiger partial charge in [-0.1, -0.05) is 17.7 Å². The molecule has 0 unspecified atom stereocenters. The summed E-state index contributed by atoms with van der Waals surface area (Å²) in [4.78, 5) is 20.9. The van der Waals surface area contributed by atoms with Gasteiger partial charge in [-0.2, -0.15) is 0 Å². The minimum Gasteiger partial charge on any atom is -0.340 e. The minimum absolute atomic E-state index is 0.200. The minimum atomic E-state index is -0.372. The summed E-state index contributed by atoms with van der Waals surface area (Å²) in [6, 6.07) is 12.7. The molecule has 7 heteroatoms. The monoisotopic (exact) mass is 370 g/mol. The lowest BCUT2D eigenvalue weighted by Crippen LogP contribution is -2.16. The van der Waals surface area contributed by atoms with E-state index in [1.165, 1.54) is 18.2 Å². The number of hydrogen-bond acceptors (Lipinski definition) is 4. The number of nitrogens with zero attached hydrogens (tertiary/aromatic N) is 2. The van der Waals surface area contributed by atoms with Gasteiger partial charge in [0.15, 0.2) is 0 Å². The van der Waals surface area contributed by atoms with Gasteiger partial charge >= 0.3 is 0 Å². The molecule has 0 aliphatic rings. The van der Waals surface area contributed by atoms with Crippen LogP contribution in [0.4, 0.5) is 21.6 Å². The van der Waals surface area contributed by atoms with E-state index >= 15 is 0 Å². The summed E-state index contributed by atoms with van der Waals surface area (Å²) >= 11 is 5.93. The third-order valence-electron chi connectivity index (χ3n) is 3.60. The smallest absolute Gasteiger partial charge is 0.274 e. The molecule has 26 heavy (non-hydrogen) atoms. The van der Waals surface area contributed by atoms with Crippen LogP contribution >= 0.6 is 11.6 Å². The number of amides is 1. The standard InChI is InChI=1S/C19H16ClFN4O/c1-11-8-13(20)6-7-16(11)25-19(26)17-10-18(23-12(2)22-17)24-15-5-3-4-14(21)9-15/h3-10H,1-2H3,(H,25,26)(H,22,23,24). The van der Waals surface area contributed by atoms with Crippen LogP contribution in [0.2, 0.25) is 5.02 Å². The zero-order chi connectivity index (χ0) is 18.7. The van der Waals surface area contributed by atoms with Gasteiger partial charge in [-0.05, 0) is 55.8 Å². The first kappa shape index (κ1) is 17.8. The summed E-state index contributed by atoms with van der Waals surface area (Å²) in [6.45, 7) is 3.53. The van der Waals surface area contributed by atoms with Crippen molar-refractivity contribution in [1.82, 2.24) is 9.97 Å². The number of carbonyl (C=O) groups excluding carboxylic acids is 1. The molecule has 5 nitrogen and oxygen atoms in total. The Morgan fingerprint density at radius 1 is 1.08 bits per heavy atom. The molecule has 0 spiro atoms. The van der Waals surface area contributed by atoms with Crippen molar-refractivity contribution in [3.05, 3.63) is 76.5 Å². The number of anilines is 3. The molecule has 0 aliphatic carbocycles. The van der Waals surface area contributed by atoms with Gasteiger partial charge in [-0.3, -0.25) is 4.79 Å². The molecule has 1 heterocycles. The first-order chi connectivity index (χ1) is 12.4. The van der Waals surface area contributed by atoms with Crippen LogP contribution in [0.3, 0.4) is 0 Å². The van der Waals surface area contributed by atoms with Crippen molar-refractivity contribution >= 4 is 34.7 Å². The highest BCUT2D eigenvalue weighted by Crippen LogP contribution is 2.21. The molecule has 2 N–H and O–H groups in total. The van der Waals surface area contributed by atoms with Crippen LogP contribution in [0.25, 0.3) is 0 Å². The summed E-state index contributed by atoms with van der Waals surface area (Å²) < 4.78 is 13.3. The van der Waals surface area contributed by atoms with Gasteiger partial charge in [-0.15, -0.1) is 0 Å². The lowest BCUT2D eigenvalue weighted by Gasteiger charge is -2.11. The Morgan fingerprint density at radius 2 is 1.88 bits per heavy atom. The van der Waals surface area contributed by atoms with Crippen molar-refractivity contribution in [2.45, 2.75) is 13.8 Å². The fourth-order valence-electron chi connectivity index (χ4n) is 2.42. The summed E-state index contributed by atoms with van der Waals surface area (Å²) in [7, 11) is 0. The number of carbonyl (C=O) groups is 1. The van der Waals surface area contributed by atoms with Crippen molar-refractivity contribution < 1.29 is 9.18 Å². The van der Waals surface area contributed by atoms with Crippen LogP contribution < -0.4 is 10.6 Å². The average molecular weight is 371 g/mol. The molecular formula is C19H16ClFN4O. The first-order valence-corrected chi connectivity index (χ1v) is 8.24. The zero-order valence-corrected chi connectivity index (χ0v) is 14.9. The number of benzene rings is 2. The van der Waals surface area contributed by atoms with Crippen molar-refractivity contribution in [3.8, 4) is 0 Å². The van der Waals surface area contributed by atoms with Gasteiger partial charge in [0.1, 0.15) is 23.2 Å². The van der Waals surface area contributed by atoms with E-state index in [9.17, 15) is 9.18 Å². The van der Waals surface area contributed by atoms with E-state index in [0.717, 1.165) is 5.56 Å². The van der Waals surface area contributed by atoms with Crippen molar-refractivity contribution in [2.75, 3.05) is 10.6 Å². The van der Waals surface area contributed by atoms with E-state index < -0.39 is 0 Å². The van der Waals surface area contributed by atoms with E-state index in [2.05, 4.69) is 20.6 Å². The molecule has 0 radical (unpaired) electrons. The molecule has 0 atom stereocenters. The van der Waals surface area contributed by atoms with Crippen molar-refractivity contribution in [1.29, 1.82) is 0 Å². The van der Waals surface area contributed by atoms with Gasteiger partial charge in [0.25, 0.3) is 5.91 Å². The predicted octanol–water partition coefficient (Wildman–Crippen LogP) is 4.88. The van der Waals surface area contributed by atoms with Gasteiger partial charge in [0.2, 0.25) is 0 Å². The SMILES string of the molecule is Cc1nc(Nc2cccc(F)c2)cc(C(=O)Nc2ccc(Cl)cc2C)n1. The van der Waals surface area contributed by atoms with Crippen molar-refractivity contribution in [2.24, 2.45) is 0 Å². The molecule has 0 bridgehead atoms. The normalized spacial score (nSPS) is 10.5. The summed E-state index contributed by atoms with van der Waals surface area (Å²) in [5, 5.41) is 6.38. The summed E-state index contributed by atoms with van der Waals surface area (Å²) in [6.07, 6.45) is 0. The van der Waals surface area contributed by atoms with Crippen LogP contribution in [0.15, 0.2) is 48.5 Å². The van der Waals surface area contributed by atoms with Crippen molar-refractivity contribution in [3.63, 3.8) is 0 Å². The Kier molecular flexibility index (Phi) is 5.14. The number of rotatable bonds is 4. The number of aromatic nitrogens is 2. The van der Waals surface area contributed by atoms with Gasteiger partial charge in [0, 0.05) is 22.5 Å². The Hall–Kier alpha value is -2.99. The fraction of sp³-hybridized carbons (Fsp3) is 0.105. The highest BCUT2D eigenvalue weighted by molar-refractivity contribution is 6.30. The molecule has 1 amide bonds. The molecule has 0 aliphatic heterocycles. The average Bonchev–Trinajstić information content (AvgIpc) is 2.57. The molecule has 3 rings (SSSR count). The van der Waals surface area contributed by atoms with E-state index in [4.69, 9.17) is 11.6 Å². The highest BCUT2D eigenvalue weighted by atomic mass is 35.5. The third kappa shape index (κ3) is 4.34. The molecule has 2 aromatic carbocycles. The second kappa shape index (κ2) is 7.49. The van der Waals surface area contributed by atoms with Crippen LogP contribution in [0.5, 0.6) is 0 Å². The Bertz CT molecular complexity index is 978. The first-order valence-electron chi connectivity index (χ1n) is 7.86. The Labute approximate surface area is 155 Å². The van der Waals surface area contributed by atoms with Crippen LogP contribution in [0, 0.1) is 19.7 Å². The molecule has 3 aromatic rings. The Morgan fingerprint density at radius 3 is 2.62 bits per heavy atom. The second-order valence-electron chi connectivity index (χ2n) is 5.73. The van der Waals surface area contributed by atoms with E-state index in [1.807, 2.05) is 6.92 Å². The number of aryl methyl sites for hydroxylation is 2. The molecule has 0 saturated carbocycles. The second-order valence-corrected chi connectivity index (χ2v) is 6.17. The van der Waals surface area contributed by atoms with Crippen LogP contribution in [-0.4, -0.2) is 15.9 Å². The Balaban J connectivity index is 1.83. The van der Waals surface area contributed by atoms with E-state index in [-0.39, 0.29) is 17.4 Å². The van der Waals surface area contributed by atoms with Crippen LogP contribution in [-0.2, 0) is 0 Å². The summed E-state index contributed by atoms with van der Waals surface area (Å²) in [5.74, 6) is 0.0885. The lowest BCUT2D eigenvalue weighted by atomic mass is 10.2. The molecule has 132 valence electrons. The quantitative estimate of drug-likeness (QED) is 0.686.